The number of hydrogen-bond acceptors (Lipinski definition) is 3. The van der Waals surface area contributed by atoms with Crippen LogP contribution in [0.3, 0.4) is 0 Å². The van der Waals surface area contributed by atoms with Crippen LogP contribution in [0.1, 0.15) is 34.6 Å². The number of nitrogens with one attached hydrogen (secondary N) is 3. The van der Waals surface area contributed by atoms with Crippen molar-refractivity contribution in [2.75, 3.05) is 0 Å². The number of hydrogen-bond donors (Lipinski definition) is 3. The third-order valence-electron chi connectivity index (χ3n) is 4.97. The minimum absolute atomic E-state index is 0.168. The van der Waals surface area contributed by atoms with Gasteiger partial charge in [-0.2, -0.15) is 18.3 Å². The van der Waals surface area contributed by atoms with Crippen molar-refractivity contribution in [2.45, 2.75) is 19.1 Å². The average Bonchev–Trinajstić information content (AvgIpc) is 3.28. The third kappa shape index (κ3) is 4.07. The summed E-state index contributed by atoms with van der Waals surface area (Å²) in [5, 5.41) is 8.80. The molecule has 4 rings (SSSR count). The van der Waals surface area contributed by atoms with Crippen molar-refractivity contribution in [3.63, 3.8) is 0 Å². The largest absolute Gasteiger partial charge is 0.418 e. The number of halogens is 3. The molecular formula is C22H17F3N4O2. The molecule has 6 nitrogen and oxygen atoms in total. The van der Waals surface area contributed by atoms with Gasteiger partial charge in [0.15, 0.2) is 5.43 Å². The lowest BCUT2D eigenvalue weighted by Gasteiger charge is -2.16. The first-order chi connectivity index (χ1) is 14.7. The zero-order valence-corrected chi connectivity index (χ0v) is 16.2. The molecule has 9 heteroatoms. The summed E-state index contributed by atoms with van der Waals surface area (Å²) in [6.45, 7) is 1.74. The standard InChI is InChI=1S/C22H17F3N4O2/c1-12(13-5-3-2-4-6-13)28-21(31)18-9-19(30)16-7-14(15-10-26-27-11-15)8-17(20(16)29-18)22(23,24)25/h2-12H,1H3,(H,26,27)(H,28,31)(H,29,30)/t12-/m1/s1. The normalized spacial score (nSPS) is 12.6. The van der Waals surface area contributed by atoms with Gasteiger partial charge < -0.3 is 10.3 Å². The molecule has 0 aliphatic carbocycles. The van der Waals surface area contributed by atoms with Gasteiger partial charge in [0.1, 0.15) is 5.69 Å². The highest BCUT2D eigenvalue weighted by Crippen LogP contribution is 2.36. The third-order valence-corrected chi connectivity index (χ3v) is 4.97. The Kier molecular flexibility index (Phi) is 5.10. The lowest BCUT2D eigenvalue weighted by molar-refractivity contribution is -0.136. The number of carbonyl (C=O) groups excluding carboxylic acids is 1. The van der Waals surface area contributed by atoms with Crippen molar-refractivity contribution in [1.82, 2.24) is 20.5 Å². The van der Waals surface area contributed by atoms with Crippen LogP contribution < -0.4 is 10.7 Å². The van der Waals surface area contributed by atoms with Crippen molar-refractivity contribution in [2.24, 2.45) is 0 Å². The van der Waals surface area contributed by atoms with E-state index in [1.807, 2.05) is 30.3 Å². The molecule has 0 saturated carbocycles. The Morgan fingerprint density at radius 2 is 1.84 bits per heavy atom. The topological polar surface area (TPSA) is 90.6 Å². The Bertz CT molecular complexity index is 1300. The van der Waals surface area contributed by atoms with Crippen LogP contribution in [-0.2, 0) is 6.18 Å². The second-order valence-electron chi connectivity index (χ2n) is 7.08. The molecule has 3 N–H and O–H groups in total. The molecule has 2 heterocycles. The van der Waals surface area contributed by atoms with Crippen molar-refractivity contribution in [3.05, 3.63) is 88.0 Å². The molecule has 0 radical (unpaired) electrons. The molecular weight excluding hydrogens is 409 g/mol. The molecule has 0 spiro atoms. The number of alkyl halides is 3. The van der Waals surface area contributed by atoms with Crippen LogP contribution in [0, 0.1) is 0 Å². The first-order valence-corrected chi connectivity index (χ1v) is 9.37. The summed E-state index contributed by atoms with van der Waals surface area (Å²) in [7, 11) is 0. The quantitative estimate of drug-likeness (QED) is 0.451. The molecule has 1 amide bonds. The number of nitrogens with zero attached hydrogens (tertiary/aromatic N) is 1. The molecule has 2 aromatic heterocycles. The Morgan fingerprint density at radius 3 is 2.48 bits per heavy atom. The Morgan fingerprint density at radius 1 is 1.10 bits per heavy atom. The highest BCUT2D eigenvalue weighted by molar-refractivity contribution is 5.96. The number of H-pyrrole nitrogens is 2. The SMILES string of the molecule is C[C@@H](NC(=O)c1cc(=O)c2cc(-c3cn[nH]c3)cc(C(F)(F)F)c2[nH]1)c1ccccc1. The molecule has 0 aliphatic rings. The monoisotopic (exact) mass is 426 g/mol. The maximum atomic E-state index is 13.8. The summed E-state index contributed by atoms with van der Waals surface area (Å²) in [5.41, 5.74) is -1.00. The van der Waals surface area contributed by atoms with E-state index in [0.717, 1.165) is 17.7 Å². The predicted molar refractivity (Wildman–Crippen MR) is 109 cm³/mol. The summed E-state index contributed by atoms with van der Waals surface area (Å²) in [6.07, 6.45) is -1.95. The van der Waals surface area contributed by atoms with E-state index in [2.05, 4.69) is 20.5 Å². The van der Waals surface area contributed by atoms with E-state index >= 15 is 0 Å². The second-order valence-corrected chi connectivity index (χ2v) is 7.08. The maximum absolute atomic E-state index is 13.8. The van der Waals surface area contributed by atoms with Crippen molar-refractivity contribution < 1.29 is 18.0 Å². The van der Waals surface area contributed by atoms with Gasteiger partial charge in [0, 0.05) is 23.2 Å². The van der Waals surface area contributed by atoms with E-state index in [1.165, 1.54) is 18.5 Å². The van der Waals surface area contributed by atoms with Crippen LogP contribution in [-0.4, -0.2) is 21.1 Å². The minimum Gasteiger partial charge on any atom is -0.350 e. The van der Waals surface area contributed by atoms with E-state index in [1.54, 1.807) is 6.92 Å². The number of amides is 1. The summed E-state index contributed by atoms with van der Waals surface area (Å²) in [4.78, 5) is 27.9. The van der Waals surface area contributed by atoms with Gasteiger partial charge >= 0.3 is 6.18 Å². The van der Waals surface area contributed by atoms with Gasteiger partial charge in [0.05, 0.1) is 23.3 Å². The van der Waals surface area contributed by atoms with Crippen LogP contribution in [0.25, 0.3) is 22.0 Å². The van der Waals surface area contributed by atoms with E-state index in [-0.39, 0.29) is 16.6 Å². The van der Waals surface area contributed by atoms with Crippen LogP contribution in [0.4, 0.5) is 13.2 Å². The lowest BCUT2D eigenvalue weighted by Crippen LogP contribution is -2.28. The Balaban J connectivity index is 1.79. The molecule has 0 aliphatic heterocycles. The molecule has 0 saturated heterocycles. The molecule has 31 heavy (non-hydrogen) atoms. The first-order valence-electron chi connectivity index (χ1n) is 9.37. The number of fused-ring (bicyclic) bond motifs is 1. The van der Waals surface area contributed by atoms with Gasteiger partial charge in [0.2, 0.25) is 0 Å². The van der Waals surface area contributed by atoms with E-state index in [4.69, 9.17) is 0 Å². The van der Waals surface area contributed by atoms with Gasteiger partial charge in [-0.15, -0.1) is 0 Å². The van der Waals surface area contributed by atoms with Gasteiger partial charge in [-0.05, 0) is 30.2 Å². The molecule has 0 fully saturated rings. The first kappa shape index (κ1) is 20.4. The highest BCUT2D eigenvalue weighted by Gasteiger charge is 2.34. The maximum Gasteiger partial charge on any atom is 0.418 e. The summed E-state index contributed by atoms with van der Waals surface area (Å²) in [5.74, 6) is -0.678. The summed E-state index contributed by atoms with van der Waals surface area (Å²) >= 11 is 0. The molecule has 0 unspecified atom stereocenters. The smallest absolute Gasteiger partial charge is 0.350 e. The molecule has 2 aromatic carbocycles. The average molecular weight is 426 g/mol. The van der Waals surface area contributed by atoms with Crippen molar-refractivity contribution in [3.8, 4) is 11.1 Å². The van der Waals surface area contributed by atoms with Crippen LogP contribution in [0.5, 0.6) is 0 Å². The van der Waals surface area contributed by atoms with Crippen LogP contribution >= 0.6 is 0 Å². The molecule has 1 atom stereocenters. The van der Waals surface area contributed by atoms with Crippen molar-refractivity contribution >= 4 is 16.8 Å². The van der Waals surface area contributed by atoms with Crippen molar-refractivity contribution in [1.29, 1.82) is 0 Å². The Hall–Kier alpha value is -3.88. The zero-order chi connectivity index (χ0) is 22.2. The number of aromatic nitrogens is 3. The lowest BCUT2D eigenvalue weighted by atomic mass is 10.0. The number of aromatic amines is 2. The molecule has 0 bridgehead atoms. The van der Waals surface area contributed by atoms with Crippen LogP contribution in [0.15, 0.2) is 65.7 Å². The minimum atomic E-state index is -4.74. The van der Waals surface area contributed by atoms with E-state index in [0.29, 0.717) is 5.56 Å². The fourth-order valence-corrected chi connectivity index (χ4v) is 3.37. The summed E-state index contributed by atoms with van der Waals surface area (Å²) < 4.78 is 41.4. The number of rotatable bonds is 4. The second kappa shape index (κ2) is 7.75. The fraction of sp³-hybridized carbons (Fsp3) is 0.136. The number of carbonyl (C=O) groups is 1. The van der Waals surface area contributed by atoms with Crippen LogP contribution in [0.2, 0.25) is 0 Å². The number of benzene rings is 2. The number of pyridine rings is 1. The van der Waals surface area contributed by atoms with Gasteiger partial charge in [-0.1, -0.05) is 30.3 Å². The Labute approximate surface area is 174 Å². The molecule has 4 aromatic rings. The zero-order valence-electron chi connectivity index (χ0n) is 16.2. The van der Waals surface area contributed by atoms with Gasteiger partial charge in [0.25, 0.3) is 5.91 Å². The summed E-state index contributed by atoms with van der Waals surface area (Å²) in [6, 6.07) is 12.0. The van der Waals surface area contributed by atoms with Gasteiger partial charge in [-0.25, -0.2) is 0 Å². The van der Waals surface area contributed by atoms with E-state index < -0.39 is 34.6 Å². The van der Waals surface area contributed by atoms with E-state index in [9.17, 15) is 22.8 Å². The fourth-order valence-electron chi connectivity index (χ4n) is 3.37. The van der Waals surface area contributed by atoms with Gasteiger partial charge in [-0.3, -0.25) is 14.7 Å². The molecule has 158 valence electrons. The highest BCUT2D eigenvalue weighted by atomic mass is 19.4. The predicted octanol–water partition coefficient (Wildman–Crippen LogP) is 4.43.